The van der Waals surface area contributed by atoms with Crippen LogP contribution in [0, 0.1) is 19.7 Å². The Morgan fingerprint density at radius 1 is 1.29 bits per heavy atom. The Hall–Kier alpha value is -2.43. The molecule has 0 fully saturated rings. The van der Waals surface area contributed by atoms with Crippen molar-refractivity contribution in [2.24, 2.45) is 0 Å². The molecule has 4 nitrogen and oxygen atoms in total. The summed E-state index contributed by atoms with van der Waals surface area (Å²) in [7, 11) is 0. The van der Waals surface area contributed by atoms with E-state index in [1.807, 2.05) is 6.92 Å². The second kappa shape index (κ2) is 6.35. The molecule has 2 aromatic rings. The van der Waals surface area contributed by atoms with Crippen LogP contribution in [0.4, 0.5) is 10.1 Å². The van der Waals surface area contributed by atoms with Crippen LogP contribution in [0.5, 0.6) is 5.75 Å². The molecule has 0 aliphatic heterocycles. The van der Waals surface area contributed by atoms with E-state index in [1.54, 1.807) is 26.0 Å². The number of carbonyl (C=O) groups excluding carboxylic acids is 1. The van der Waals surface area contributed by atoms with Crippen LogP contribution in [0.3, 0.4) is 0 Å². The summed E-state index contributed by atoms with van der Waals surface area (Å²) in [5, 5.41) is 2.73. The molecule has 110 valence electrons. The first kappa shape index (κ1) is 15.0. The van der Waals surface area contributed by atoms with Gasteiger partial charge in [-0.1, -0.05) is 0 Å². The number of nitrogens with zero attached hydrogens (tertiary/aromatic N) is 1. The Bertz CT molecular complexity index is 671. The number of carbonyl (C=O) groups is 1. The fraction of sp³-hybridized carbons (Fsp3) is 0.250. The SMILES string of the molecule is CCOc1cc(F)ccc1NC(=O)c1ccc(C)nc1C. The number of aromatic nitrogens is 1. The van der Waals surface area contributed by atoms with E-state index in [2.05, 4.69) is 10.3 Å². The van der Waals surface area contributed by atoms with Crippen LogP contribution in [0.25, 0.3) is 0 Å². The molecule has 1 amide bonds. The van der Waals surface area contributed by atoms with Gasteiger partial charge >= 0.3 is 0 Å². The Labute approximate surface area is 123 Å². The number of benzene rings is 1. The van der Waals surface area contributed by atoms with Crippen LogP contribution in [-0.2, 0) is 0 Å². The van der Waals surface area contributed by atoms with Gasteiger partial charge in [0.1, 0.15) is 11.6 Å². The van der Waals surface area contributed by atoms with Gasteiger partial charge < -0.3 is 10.1 Å². The minimum absolute atomic E-state index is 0.299. The first-order chi connectivity index (χ1) is 10.0. The highest BCUT2D eigenvalue weighted by Crippen LogP contribution is 2.26. The van der Waals surface area contributed by atoms with Crippen molar-refractivity contribution < 1.29 is 13.9 Å². The summed E-state index contributed by atoms with van der Waals surface area (Å²) in [6.45, 7) is 5.82. The highest BCUT2D eigenvalue weighted by molar-refractivity contribution is 6.05. The molecule has 0 aliphatic rings. The second-order valence-corrected chi connectivity index (χ2v) is 4.61. The number of amides is 1. The van der Waals surface area contributed by atoms with Crippen molar-refractivity contribution in [1.29, 1.82) is 0 Å². The molecule has 0 saturated carbocycles. The normalized spacial score (nSPS) is 10.3. The third kappa shape index (κ3) is 3.56. The second-order valence-electron chi connectivity index (χ2n) is 4.61. The summed E-state index contributed by atoms with van der Waals surface area (Å²) in [5.74, 6) is -0.402. The molecule has 21 heavy (non-hydrogen) atoms. The molecule has 1 aromatic carbocycles. The van der Waals surface area contributed by atoms with Gasteiger partial charge in [0.2, 0.25) is 0 Å². The van der Waals surface area contributed by atoms with Gasteiger partial charge in [-0.3, -0.25) is 9.78 Å². The van der Waals surface area contributed by atoms with Crippen molar-refractivity contribution in [3.8, 4) is 5.75 Å². The number of nitrogens with one attached hydrogen (secondary N) is 1. The van der Waals surface area contributed by atoms with Crippen molar-refractivity contribution in [1.82, 2.24) is 4.98 Å². The predicted octanol–water partition coefficient (Wildman–Crippen LogP) is 3.49. The maximum absolute atomic E-state index is 13.2. The molecule has 1 aromatic heterocycles. The lowest BCUT2D eigenvalue weighted by Gasteiger charge is -2.12. The van der Waals surface area contributed by atoms with Gasteiger partial charge in [-0.05, 0) is 45.0 Å². The third-order valence-electron chi connectivity index (χ3n) is 2.96. The van der Waals surface area contributed by atoms with Gasteiger partial charge in [-0.15, -0.1) is 0 Å². The summed E-state index contributed by atoms with van der Waals surface area (Å²) in [6.07, 6.45) is 0. The van der Waals surface area contributed by atoms with E-state index in [1.165, 1.54) is 18.2 Å². The molecule has 0 radical (unpaired) electrons. The molecule has 0 spiro atoms. The lowest BCUT2D eigenvalue weighted by atomic mass is 10.1. The molecule has 1 heterocycles. The Kier molecular flexibility index (Phi) is 4.52. The first-order valence-electron chi connectivity index (χ1n) is 6.69. The summed E-state index contributed by atoms with van der Waals surface area (Å²) in [6, 6.07) is 7.50. The van der Waals surface area contributed by atoms with Gasteiger partial charge in [0, 0.05) is 11.8 Å². The van der Waals surface area contributed by atoms with E-state index in [-0.39, 0.29) is 5.91 Å². The number of anilines is 1. The number of hydrogen-bond acceptors (Lipinski definition) is 3. The highest BCUT2D eigenvalue weighted by atomic mass is 19.1. The molecule has 0 bridgehead atoms. The van der Waals surface area contributed by atoms with E-state index in [9.17, 15) is 9.18 Å². The average molecular weight is 288 g/mol. The number of halogens is 1. The van der Waals surface area contributed by atoms with E-state index in [4.69, 9.17) is 4.74 Å². The van der Waals surface area contributed by atoms with Gasteiger partial charge in [0.25, 0.3) is 5.91 Å². The van der Waals surface area contributed by atoms with Crippen LogP contribution in [0.2, 0.25) is 0 Å². The topological polar surface area (TPSA) is 51.2 Å². The Morgan fingerprint density at radius 3 is 2.71 bits per heavy atom. The van der Waals surface area contributed by atoms with Crippen LogP contribution in [0.1, 0.15) is 28.7 Å². The quantitative estimate of drug-likeness (QED) is 0.937. The fourth-order valence-electron chi connectivity index (χ4n) is 1.99. The van der Waals surface area contributed by atoms with Gasteiger partial charge in [-0.25, -0.2) is 4.39 Å². The first-order valence-corrected chi connectivity index (χ1v) is 6.69. The van der Waals surface area contributed by atoms with Crippen molar-refractivity contribution in [3.05, 3.63) is 53.1 Å². The van der Waals surface area contributed by atoms with Crippen LogP contribution < -0.4 is 10.1 Å². The zero-order valence-corrected chi connectivity index (χ0v) is 12.2. The van der Waals surface area contributed by atoms with Crippen LogP contribution >= 0.6 is 0 Å². The molecular formula is C16H17FN2O2. The van der Waals surface area contributed by atoms with Gasteiger partial charge in [-0.2, -0.15) is 0 Å². The largest absolute Gasteiger partial charge is 0.492 e. The van der Waals surface area contributed by atoms with Crippen LogP contribution in [0.15, 0.2) is 30.3 Å². The number of ether oxygens (including phenoxy) is 1. The van der Waals surface area contributed by atoms with Crippen molar-refractivity contribution in [3.63, 3.8) is 0 Å². The molecule has 0 atom stereocenters. The fourth-order valence-corrected chi connectivity index (χ4v) is 1.99. The molecule has 0 unspecified atom stereocenters. The van der Waals surface area contributed by atoms with E-state index in [0.29, 0.717) is 29.3 Å². The Morgan fingerprint density at radius 2 is 2.05 bits per heavy atom. The predicted molar refractivity (Wildman–Crippen MR) is 79.2 cm³/mol. The lowest BCUT2D eigenvalue weighted by molar-refractivity contribution is 0.102. The van der Waals surface area contributed by atoms with E-state index < -0.39 is 5.82 Å². The number of pyridine rings is 1. The number of aryl methyl sites for hydroxylation is 2. The molecule has 2 rings (SSSR count). The summed E-state index contributed by atoms with van der Waals surface area (Å²) >= 11 is 0. The van der Waals surface area contributed by atoms with E-state index in [0.717, 1.165) is 5.69 Å². The highest BCUT2D eigenvalue weighted by Gasteiger charge is 2.13. The van der Waals surface area contributed by atoms with Crippen molar-refractivity contribution in [2.75, 3.05) is 11.9 Å². The zero-order valence-electron chi connectivity index (χ0n) is 12.2. The number of rotatable bonds is 4. The Balaban J connectivity index is 2.27. The standard InChI is InChI=1S/C16H17FN2O2/c1-4-21-15-9-12(17)6-8-14(15)19-16(20)13-7-5-10(2)18-11(13)3/h5-9H,4H2,1-3H3,(H,19,20). The third-order valence-corrected chi connectivity index (χ3v) is 2.96. The van der Waals surface area contributed by atoms with Crippen molar-refractivity contribution in [2.45, 2.75) is 20.8 Å². The summed E-state index contributed by atoms with van der Waals surface area (Å²) in [4.78, 5) is 16.5. The average Bonchev–Trinajstić information content (AvgIpc) is 2.42. The summed E-state index contributed by atoms with van der Waals surface area (Å²) in [5.41, 5.74) is 2.41. The van der Waals surface area contributed by atoms with Gasteiger partial charge in [0.15, 0.2) is 0 Å². The van der Waals surface area contributed by atoms with Crippen molar-refractivity contribution >= 4 is 11.6 Å². The lowest BCUT2D eigenvalue weighted by Crippen LogP contribution is -2.15. The minimum Gasteiger partial charge on any atom is -0.492 e. The maximum atomic E-state index is 13.2. The molecular weight excluding hydrogens is 271 g/mol. The minimum atomic E-state index is -0.412. The molecule has 1 N–H and O–H groups in total. The molecule has 5 heteroatoms. The van der Waals surface area contributed by atoms with E-state index >= 15 is 0 Å². The molecule has 0 saturated heterocycles. The number of hydrogen-bond donors (Lipinski definition) is 1. The zero-order chi connectivity index (χ0) is 15.4. The maximum Gasteiger partial charge on any atom is 0.257 e. The molecule has 0 aliphatic carbocycles. The van der Waals surface area contributed by atoms with Gasteiger partial charge in [0.05, 0.1) is 23.6 Å². The monoisotopic (exact) mass is 288 g/mol. The summed E-state index contributed by atoms with van der Waals surface area (Å²) < 4.78 is 18.6. The smallest absolute Gasteiger partial charge is 0.257 e. The van der Waals surface area contributed by atoms with Crippen LogP contribution in [-0.4, -0.2) is 17.5 Å².